The number of hydrogen-bond acceptors (Lipinski definition) is 5. The number of carboxylic acid groups (broad SMARTS) is 1. The average Bonchev–Trinajstić information content (AvgIpc) is 2.81. The van der Waals surface area contributed by atoms with E-state index in [-0.39, 0.29) is 19.6 Å². The molecule has 0 aromatic heterocycles. The summed E-state index contributed by atoms with van der Waals surface area (Å²) < 4.78 is 5.12. The lowest BCUT2D eigenvalue weighted by molar-refractivity contribution is -0.168. The molecule has 0 amide bonds. The van der Waals surface area contributed by atoms with E-state index in [1.54, 1.807) is 0 Å². The van der Waals surface area contributed by atoms with Gasteiger partial charge >= 0.3 is 11.9 Å². The zero-order chi connectivity index (χ0) is 13.9. The van der Waals surface area contributed by atoms with E-state index in [1.165, 1.54) is 5.01 Å². The molecule has 0 bridgehead atoms. The van der Waals surface area contributed by atoms with Crippen LogP contribution in [-0.2, 0) is 20.9 Å². The largest absolute Gasteiger partial charge is 0.480 e. The topological polar surface area (TPSA) is 92.9 Å². The predicted molar refractivity (Wildman–Crippen MR) is 66.7 cm³/mol. The molecule has 1 aliphatic rings. The van der Waals surface area contributed by atoms with Crippen LogP contribution >= 0.6 is 0 Å². The van der Waals surface area contributed by atoms with Crippen molar-refractivity contribution in [2.75, 3.05) is 13.1 Å². The number of ether oxygens (including phenoxy) is 1. The second-order valence-electron chi connectivity index (χ2n) is 4.67. The van der Waals surface area contributed by atoms with Gasteiger partial charge in [0, 0.05) is 13.1 Å². The zero-order valence-electron chi connectivity index (χ0n) is 10.4. The van der Waals surface area contributed by atoms with Crippen LogP contribution in [0.4, 0.5) is 0 Å². The third kappa shape index (κ3) is 2.74. The lowest BCUT2D eigenvalue weighted by atomic mass is 9.87. The van der Waals surface area contributed by atoms with Gasteiger partial charge in [0.1, 0.15) is 6.61 Å². The SMILES string of the molecule is NN1CC[C@](C(=O)O)(C(=O)OCc2ccccc2)C1. The van der Waals surface area contributed by atoms with E-state index in [9.17, 15) is 14.7 Å². The Bertz CT molecular complexity index is 477. The normalized spacial score (nSPS) is 23.2. The smallest absolute Gasteiger partial charge is 0.325 e. The highest BCUT2D eigenvalue weighted by atomic mass is 16.5. The Morgan fingerprint density at radius 3 is 2.58 bits per heavy atom. The number of rotatable bonds is 4. The number of carbonyl (C=O) groups is 2. The molecule has 2 rings (SSSR count). The van der Waals surface area contributed by atoms with Gasteiger partial charge in [-0.2, -0.15) is 0 Å². The van der Waals surface area contributed by atoms with Crippen molar-refractivity contribution in [3.63, 3.8) is 0 Å². The maximum atomic E-state index is 12.0. The molecule has 1 aromatic rings. The van der Waals surface area contributed by atoms with Crippen LogP contribution in [0.2, 0.25) is 0 Å². The summed E-state index contributed by atoms with van der Waals surface area (Å²) in [5, 5.41) is 10.6. The van der Waals surface area contributed by atoms with E-state index in [0.29, 0.717) is 6.54 Å². The summed E-state index contributed by atoms with van der Waals surface area (Å²) in [6.07, 6.45) is 0.173. The van der Waals surface area contributed by atoms with Crippen LogP contribution in [0.3, 0.4) is 0 Å². The van der Waals surface area contributed by atoms with Crippen molar-refractivity contribution in [1.82, 2.24) is 5.01 Å². The Kier molecular flexibility index (Phi) is 3.82. The molecule has 6 heteroatoms. The maximum Gasteiger partial charge on any atom is 0.325 e. The van der Waals surface area contributed by atoms with Crippen LogP contribution < -0.4 is 5.84 Å². The van der Waals surface area contributed by atoms with Gasteiger partial charge in [0.25, 0.3) is 0 Å². The molecule has 1 heterocycles. The quantitative estimate of drug-likeness (QED) is 0.464. The Balaban J connectivity index is 2.03. The number of nitrogens with two attached hydrogens (primary N) is 1. The third-order valence-electron chi connectivity index (χ3n) is 3.31. The van der Waals surface area contributed by atoms with Crippen molar-refractivity contribution in [3.05, 3.63) is 35.9 Å². The summed E-state index contributed by atoms with van der Waals surface area (Å²) in [5.74, 6) is 3.65. The maximum absolute atomic E-state index is 12.0. The second-order valence-corrected chi connectivity index (χ2v) is 4.67. The highest BCUT2D eigenvalue weighted by molar-refractivity contribution is 5.99. The monoisotopic (exact) mass is 264 g/mol. The average molecular weight is 264 g/mol. The van der Waals surface area contributed by atoms with Gasteiger partial charge in [0.15, 0.2) is 5.41 Å². The third-order valence-corrected chi connectivity index (χ3v) is 3.31. The van der Waals surface area contributed by atoms with E-state index < -0.39 is 17.4 Å². The number of hydrazine groups is 1. The summed E-state index contributed by atoms with van der Waals surface area (Å²) in [7, 11) is 0. The first-order chi connectivity index (χ1) is 9.04. The van der Waals surface area contributed by atoms with Crippen LogP contribution in [0, 0.1) is 5.41 Å². The van der Waals surface area contributed by atoms with Gasteiger partial charge in [0.05, 0.1) is 0 Å². The minimum atomic E-state index is -1.54. The lowest BCUT2D eigenvalue weighted by Crippen LogP contribution is -2.44. The molecule has 1 atom stereocenters. The summed E-state index contributed by atoms with van der Waals surface area (Å²) in [6, 6.07) is 9.13. The molecule has 6 nitrogen and oxygen atoms in total. The summed E-state index contributed by atoms with van der Waals surface area (Å²) >= 11 is 0. The molecule has 1 aromatic carbocycles. The number of carboxylic acids is 1. The first kappa shape index (κ1) is 13.5. The van der Waals surface area contributed by atoms with Crippen LogP contribution in [0.1, 0.15) is 12.0 Å². The fourth-order valence-corrected chi connectivity index (χ4v) is 2.13. The zero-order valence-corrected chi connectivity index (χ0v) is 10.4. The minimum absolute atomic E-state index is 0.0179. The molecule has 0 aliphatic carbocycles. The Hall–Kier alpha value is -1.92. The van der Waals surface area contributed by atoms with E-state index in [1.807, 2.05) is 30.3 Å². The van der Waals surface area contributed by atoms with Crippen LogP contribution in [0.5, 0.6) is 0 Å². The van der Waals surface area contributed by atoms with E-state index in [0.717, 1.165) is 5.56 Å². The van der Waals surface area contributed by atoms with Crippen molar-refractivity contribution in [2.45, 2.75) is 13.0 Å². The highest BCUT2D eigenvalue weighted by Gasteiger charge is 2.52. The number of hydrogen-bond donors (Lipinski definition) is 2. The molecule has 1 aliphatic heterocycles. The molecule has 19 heavy (non-hydrogen) atoms. The van der Waals surface area contributed by atoms with Gasteiger partial charge in [-0.25, -0.2) is 5.01 Å². The van der Waals surface area contributed by atoms with Gasteiger partial charge < -0.3 is 9.84 Å². The first-order valence-electron chi connectivity index (χ1n) is 5.99. The van der Waals surface area contributed by atoms with Gasteiger partial charge in [-0.15, -0.1) is 0 Å². The molecule has 1 fully saturated rings. The molecular weight excluding hydrogens is 248 g/mol. The lowest BCUT2D eigenvalue weighted by Gasteiger charge is -2.21. The van der Waals surface area contributed by atoms with E-state index >= 15 is 0 Å². The number of esters is 1. The van der Waals surface area contributed by atoms with Crippen molar-refractivity contribution >= 4 is 11.9 Å². The molecule has 0 saturated carbocycles. The Morgan fingerprint density at radius 2 is 2.05 bits per heavy atom. The molecule has 102 valence electrons. The standard InChI is InChI=1S/C13H16N2O4/c14-15-7-6-13(9-15,11(16)17)12(18)19-8-10-4-2-1-3-5-10/h1-5H,6-9,14H2,(H,16,17)/t13-/m0/s1. The van der Waals surface area contributed by atoms with Crippen molar-refractivity contribution in [2.24, 2.45) is 11.3 Å². The molecular formula is C13H16N2O4. The summed E-state index contributed by atoms with van der Waals surface area (Å²) in [6.45, 7) is 0.419. The predicted octanol–water partition coefficient (Wildman–Crippen LogP) is 0.380. The molecule has 3 N–H and O–H groups in total. The van der Waals surface area contributed by atoms with Gasteiger partial charge in [0.2, 0.25) is 0 Å². The highest BCUT2D eigenvalue weighted by Crippen LogP contribution is 2.31. The molecule has 0 unspecified atom stereocenters. The van der Waals surface area contributed by atoms with Gasteiger partial charge in [-0.3, -0.25) is 15.4 Å². The molecule has 1 saturated heterocycles. The van der Waals surface area contributed by atoms with Crippen LogP contribution in [0.25, 0.3) is 0 Å². The number of carbonyl (C=O) groups excluding carboxylic acids is 1. The number of nitrogens with zero attached hydrogens (tertiary/aromatic N) is 1. The summed E-state index contributed by atoms with van der Waals surface area (Å²) in [5.41, 5.74) is -0.720. The van der Waals surface area contributed by atoms with Crippen molar-refractivity contribution < 1.29 is 19.4 Å². The number of aliphatic carboxylic acids is 1. The van der Waals surface area contributed by atoms with E-state index in [4.69, 9.17) is 10.6 Å². The van der Waals surface area contributed by atoms with Crippen LogP contribution in [-0.4, -0.2) is 35.1 Å². The van der Waals surface area contributed by atoms with Crippen LogP contribution in [0.15, 0.2) is 30.3 Å². The van der Waals surface area contributed by atoms with Crippen molar-refractivity contribution in [3.8, 4) is 0 Å². The molecule has 0 radical (unpaired) electrons. The molecule has 0 spiro atoms. The van der Waals surface area contributed by atoms with Gasteiger partial charge in [-0.1, -0.05) is 30.3 Å². The summed E-state index contributed by atoms with van der Waals surface area (Å²) in [4.78, 5) is 23.4. The fraction of sp³-hybridized carbons (Fsp3) is 0.385. The number of benzene rings is 1. The first-order valence-corrected chi connectivity index (χ1v) is 5.99. The second kappa shape index (κ2) is 5.38. The fourth-order valence-electron chi connectivity index (χ4n) is 2.13. The van der Waals surface area contributed by atoms with E-state index in [2.05, 4.69) is 0 Å². The Morgan fingerprint density at radius 1 is 1.37 bits per heavy atom. The minimum Gasteiger partial charge on any atom is -0.480 e. The van der Waals surface area contributed by atoms with Gasteiger partial charge in [-0.05, 0) is 12.0 Å². The Labute approximate surface area is 110 Å². The van der Waals surface area contributed by atoms with Crippen molar-refractivity contribution in [1.29, 1.82) is 0 Å².